The average Bonchev–Trinajstić information content (AvgIpc) is 2.99. The third kappa shape index (κ3) is 2.17. The Hall–Kier alpha value is -2.34. The zero-order chi connectivity index (χ0) is 13.2. The van der Waals surface area contributed by atoms with Gasteiger partial charge in [-0.15, -0.1) is 0 Å². The first-order valence-corrected chi connectivity index (χ1v) is 6.08. The topological polar surface area (TPSA) is 86.7 Å². The summed E-state index contributed by atoms with van der Waals surface area (Å²) in [4.78, 5) is 13.8. The number of H-pyrrole nitrogens is 2. The van der Waals surface area contributed by atoms with Gasteiger partial charge in [0.25, 0.3) is 0 Å². The summed E-state index contributed by atoms with van der Waals surface area (Å²) < 4.78 is 5.07. The minimum atomic E-state index is -0.435. The number of likely N-dealkylation sites (N-methyl/N-ethyl adjacent to an activating group) is 1. The van der Waals surface area contributed by atoms with Crippen molar-refractivity contribution in [2.75, 3.05) is 13.6 Å². The summed E-state index contributed by atoms with van der Waals surface area (Å²) >= 11 is 0. The maximum atomic E-state index is 11.1. The number of oxazole rings is 1. The lowest BCUT2D eigenvalue weighted by molar-refractivity contribution is 0.555. The fourth-order valence-electron chi connectivity index (χ4n) is 2.12. The minimum absolute atomic E-state index is 0.435. The molecule has 1 aromatic carbocycles. The molecule has 0 spiro atoms. The SMILES string of the molecule is CNCCc1[nH]ncc1-c1ccc2[nH]c(=O)oc2c1. The molecule has 3 N–H and O–H groups in total. The van der Waals surface area contributed by atoms with Crippen molar-refractivity contribution >= 4 is 11.1 Å². The maximum absolute atomic E-state index is 11.1. The fourth-order valence-corrected chi connectivity index (χ4v) is 2.12. The lowest BCUT2D eigenvalue weighted by Gasteiger charge is -2.03. The molecule has 0 aliphatic rings. The van der Waals surface area contributed by atoms with E-state index in [1.807, 2.05) is 25.2 Å². The van der Waals surface area contributed by atoms with Gasteiger partial charge in [0.1, 0.15) is 0 Å². The van der Waals surface area contributed by atoms with Crippen LogP contribution >= 0.6 is 0 Å². The van der Waals surface area contributed by atoms with E-state index >= 15 is 0 Å². The number of aromatic nitrogens is 3. The number of nitrogens with zero attached hydrogens (tertiary/aromatic N) is 1. The quantitative estimate of drug-likeness (QED) is 0.657. The molecule has 0 saturated carbocycles. The van der Waals surface area contributed by atoms with Crippen LogP contribution in [0.4, 0.5) is 0 Å². The summed E-state index contributed by atoms with van der Waals surface area (Å²) in [6.45, 7) is 0.872. The van der Waals surface area contributed by atoms with Crippen LogP contribution in [0.15, 0.2) is 33.6 Å². The highest BCUT2D eigenvalue weighted by Crippen LogP contribution is 2.25. The predicted octanol–water partition coefficient (Wildman–Crippen LogP) is 1.27. The molecule has 0 unspecified atom stereocenters. The van der Waals surface area contributed by atoms with Crippen molar-refractivity contribution in [1.82, 2.24) is 20.5 Å². The lowest BCUT2D eigenvalue weighted by Crippen LogP contribution is -2.11. The first kappa shape index (κ1) is 11.7. The summed E-state index contributed by atoms with van der Waals surface area (Å²) in [5.41, 5.74) is 4.33. The number of rotatable bonds is 4. The number of aromatic amines is 2. The Morgan fingerprint density at radius 2 is 2.32 bits per heavy atom. The smallest absolute Gasteiger partial charge is 0.408 e. The van der Waals surface area contributed by atoms with Gasteiger partial charge in [-0.25, -0.2) is 4.79 Å². The number of fused-ring (bicyclic) bond motifs is 1. The largest absolute Gasteiger partial charge is 0.417 e. The van der Waals surface area contributed by atoms with Crippen LogP contribution in [0.5, 0.6) is 0 Å². The van der Waals surface area contributed by atoms with Gasteiger partial charge in [-0.1, -0.05) is 6.07 Å². The van der Waals surface area contributed by atoms with Gasteiger partial charge in [-0.2, -0.15) is 5.10 Å². The molecule has 19 heavy (non-hydrogen) atoms. The molecular weight excluding hydrogens is 244 g/mol. The highest BCUT2D eigenvalue weighted by molar-refractivity contribution is 5.80. The summed E-state index contributed by atoms with van der Waals surface area (Å²) in [6.07, 6.45) is 2.65. The van der Waals surface area contributed by atoms with E-state index in [-0.39, 0.29) is 0 Å². The van der Waals surface area contributed by atoms with E-state index in [2.05, 4.69) is 20.5 Å². The van der Waals surface area contributed by atoms with Crippen molar-refractivity contribution in [2.45, 2.75) is 6.42 Å². The van der Waals surface area contributed by atoms with E-state index in [4.69, 9.17) is 4.42 Å². The molecule has 2 aromatic heterocycles. The number of nitrogens with one attached hydrogen (secondary N) is 3. The Morgan fingerprint density at radius 1 is 1.42 bits per heavy atom. The van der Waals surface area contributed by atoms with E-state index in [0.29, 0.717) is 11.1 Å². The number of benzene rings is 1. The van der Waals surface area contributed by atoms with Crippen LogP contribution in [0.3, 0.4) is 0 Å². The van der Waals surface area contributed by atoms with E-state index in [1.54, 1.807) is 6.20 Å². The minimum Gasteiger partial charge on any atom is -0.408 e. The molecule has 0 aliphatic heterocycles. The molecule has 0 fully saturated rings. The van der Waals surface area contributed by atoms with E-state index in [9.17, 15) is 4.79 Å². The Kier molecular flexibility index (Phi) is 2.92. The van der Waals surface area contributed by atoms with Crippen LogP contribution in [-0.2, 0) is 6.42 Å². The summed E-state index contributed by atoms with van der Waals surface area (Å²) in [5.74, 6) is -0.435. The Balaban J connectivity index is 2.03. The molecule has 0 bridgehead atoms. The van der Waals surface area contributed by atoms with Gasteiger partial charge in [-0.3, -0.25) is 10.1 Å². The third-order valence-corrected chi connectivity index (χ3v) is 3.08. The summed E-state index contributed by atoms with van der Waals surface area (Å²) in [5, 5.41) is 10.2. The van der Waals surface area contributed by atoms with Crippen LogP contribution in [-0.4, -0.2) is 28.8 Å². The van der Waals surface area contributed by atoms with Crippen LogP contribution < -0.4 is 11.1 Å². The van der Waals surface area contributed by atoms with Gasteiger partial charge >= 0.3 is 5.76 Å². The highest BCUT2D eigenvalue weighted by atomic mass is 16.4. The van der Waals surface area contributed by atoms with E-state index < -0.39 is 5.76 Å². The van der Waals surface area contributed by atoms with Crippen molar-refractivity contribution in [3.63, 3.8) is 0 Å². The molecule has 0 amide bonds. The molecule has 3 aromatic rings. The van der Waals surface area contributed by atoms with Crippen molar-refractivity contribution in [3.8, 4) is 11.1 Å². The Labute approximate surface area is 108 Å². The van der Waals surface area contributed by atoms with Crippen molar-refractivity contribution in [1.29, 1.82) is 0 Å². The summed E-state index contributed by atoms with van der Waals surface area (Å²) in [7, 11) is 1.91. The van der Waals surface area contributed by atoms with Crippen molar-refractivity contribution in [3.05, 3.63) is 40.6 Å². The van der Waals surface area contributed by atoms with Crippen LogP contribution in [0, 0.1) is 0 Å². The third-order valence-electron chi connectivity index (χ3n) is 3.08. The molecule has 3 rings (SSSR count). The molecule has 2 heterocycles. The standard InChI is InChI=1S/C13H14N4O2/c1-14-5-4-10-9(7-15-17-10)8-2-3-11-12(6-8)19-13(18)16-11/h2-3,6-7,14H,4-5H2,1H3,(H,15,17)(H,16,18). The second-order valence-corrected chi connectivity index (χ2v) is 4.34. The van der Waals surface area contributed by atoms with Crippen LogP contribution in [0.25, 0.3) is 22.2 Å². The molecule has 0 aliphatic carbocycles. The maximum Gasteiger partial charge on any atom is 0.417 e. The zero-order valence-electron chi connectivity index (χ0n) is 10.5. The fraction of sp³-hybridized carbons (Fsp3) is 0.231. The van der Waals surface area contributed by atoms with Gasteiger partial charge in [0.2, 0.25) is 0 Å². The van der Waals surface area contributed by atoms with Crippen molar-refractivity contribution in [2.24, 2.45) is 0 Å². The Morgan fingerprint density at radius 3 is 3.16 bits per heavy atom. The second kappa shape index (κ2) is 4.74. The second-order valence-electron chi connectivity index (χ2n) is 4.34. The molecule has 98 valence electrons. The normalized spacial score (nSPS) is 11.2. The van der Waals surface area contributed by atoms with Crippen molar-refractivity contribution < 1.29 is 4.42 Å². The van der Waals surface area contributed by atoms with Crippen LogP contribution in [0.1, 0.15) is 5.69 Å². The first-order chi connectivity index (χ1) is 9.28. The molecular formula is C13H14N4O2. The van der Waals surface area contributed by atoms with Gasteiger partial charge in [0, 0.05) is 24.2 Å². The molecule has 0 atom stereocenters. The molecule has 0 radical (unpaired) electrons. The first-order valence-electron chi connectivity index (χ1n) is 6.08. The zero-order valence-corrected chi connectivity index (χ0v) is 10.5. The molecule has 0 saturated heterocycles. The van der Waals surface area contributed by atoms with E-state index in [1.165, 1.54) is 0 Å². The lowest BCUT2D eigenvalue weighted by atomic mass is 10.0. The van der Waals surface area contributed by atoms with Gasteiger partial charge in [-0.05, 0) is 24.7 Å². The predicted molar refractivity (Wildman–Crippen MR) is 72.0 cm³/mol. The summed E-state index contributed by atoms with van der Waals surface area (Å²) in [6, 6.07) is 5.63. The average molecular weight is 258 g/mol. The van der Waals surface area contributed by atoms with Gasteiger partial charge in [0.05, 0.1) is 11.7 Å². The highest BCUT2D eigenvalue weighted by Gasteiger charge is 2.09. The number of hydrogen-bond acceptors (Lipinski definition) is 4. The monoisotopic (exact) mass is 258 g/mol. The van der Waals surface area contributed by atoms with Crippen LogP contribution in [0.2, 0.25) is 0 Å². The van der Waals surface area contributed by atoms with Gasteiger partial charge < -0.3 is 9.73 Å². The molecule has 6 heteroatoms. The van der Waals surface area contributed by atoms with Gasteiger partial charge in [0.15, 0.2) is 5.58 Å². The number of hydrogen-bond donors (Lipinski definition) is 3. The Bertz CT molecular complexity index is 753. The van der Waals surface area contributed by atoms with E-state index in [0.717, 1.165) is 29.8 Å². The molecule has 6 nitrogen and oxygen atoms in total.